The van der Waals surface area contributed by atoms with Crippen LogP contribution in [0.15, 0.2) is 36.8 Å². The molecule has 2 saturated heterocycles. The monoisotopic (exact) mass is 504 g/mol. The van der Waals surface area contributed by atoms with Crippen molar-refractivity contribution >= 4 is 39.9 Å². The molecule has 1 aromatic carbocycles. The average Bonchev–Trinajstić information content (AvgIpc) is 3.54. The number of nitrogens with zero attached hydrogens (tertiary/aromatic N) is 7. The number of aliphatic hydroxyl groups is 1. The standard InChI is InChI=1S/C26H32N8O3/c1-2-33-23-15-20(29-25(36)19-16-28-34-7-3-6-27-24(19)34)22(31-8-4-18(17-35)5-9-31)14-21(23)30-26(33)32-10-12-37-13-11-32/h3,6-7,14-16,18,35H,2,4-5,8-13,17H2,1H3,(H,29,36). The van der Waals surface area contributed by atoms with E-state index < -0.39 is 0 Å². The summed E-state index contributed by atoms with van der Waals surface area (Å²) in [6, 6.07) is 5.91. The van der Waals surface area contributed by atoms with Gasteiger partial charge in [0.1, 0.15) is 5.56 Å². The van der Waals surface area contributed by atoms with Gasteiger partial charge in [0.2, 0.25) is 5.95 Å². The van der Waals surface area contributed by atoms with Crippen molar-refractivity contribution in [3.63, 3.8) is 0 Å². The third kappa shape index (κ3) is 4.38. The van der Waals surface area contributed by atoms with Gasteiger partial charge in [0, 0.05) is 51.7 Å². The fourth-order valence-corrected chi connectivity index (χ4v) is 5.36. The van der Waals surface area contributed by atoms with Gasteiger partial charge in [0.25, 0.3) is 5.91 Å². The molecule has 1 amide bonds. The summed E-state index contributed by atoms with van der Waals surface area (Å²) < 4.78 is 9.35. The molecule has 3 aromatic heterocycles. The summed E-state index contributed by atoms with van der Waals surface area (Å²) in [5, 5.41) is 17.1. The van der Waals surface area contributed by atoms with Crippen molar-refractivity contribution in [2.45, 2.75) is 26.3 Å². The Morgan fingerprint density at radius 3 is 2.73 bits per heavy atom. The fraction of sp³-hybridized carbons (Fsp3) is 0.462. The van der Waals surface area contributed by atoms with Crippen LogP contribution in [-0.2, 0) is 11.3 Å². The number of carbonyl (C=O) groups is 1. The molecule has 37 heavy (non-hydrogen) atoms. The molecule has 4 aromatic rings. The van der Waals surface area contributed by atoms with Crippen LogP contribution in [0, 0.1) is 5.92 Å². The molecular formula is C26H32N8O3. The summed E-state index contributed by atoms with van der Waals surface area (Å²) >= 11 is 0. The average molecular weight is 505 g/mol. The second kappa shape index (κ2) is 9.98. The number of nitrogens with one attached hydrogen (secondary N) is 1. The summed E-state index contributed by atoms with van der Waals surface area (Å²) in [6.45, 7) is 7.68. The topological polar surface area (TPSA) is 113 Å². The fourth-order valence-electron chi connectivity index (χ4n) is 5.36. The molecule has 11 heteroatoms. The molecule has 2 aliphatic heterocycles. The van der Waals surface area contributed by atoms with E-state index in [0.717, 1.165) is 73.9 Å². The Bertz CT molecular complexity index is 1420. The van der Waals surface area contributed by atoms with Gasteiger partial charge < -0.3 is 29.5 Å². The number of morpholine rings is 1. The molecule has 0 spiro atoms. The van der Waals surface area contributed by atoms with Crippen LogP contribution >= 0.6 is 0 Å². The second-order valence-electron chi connectivity index (χ2n) is 9.63. The first-order valence-electron chi connectivity index (χ1n) is 13.0. The Kier molecular flexibility index (Phi) is 6.39. The third-order valence-corrected chi connectivity index (χ3v) is 7.44. The third-order valence-electron chi connectivity index (χ3n) is 7.44. The summed E-state index contributed by atoms with van der Waals surface area (Å²) in [4.78, 5) is 27.4. The molecule has 6 rings (SSSR count). The number of carbonyl (C=O) groups excluding carboxylic acids is 1. The Morgan fingerprint density at radius 2 is 1.97 bits per heavy atom. The molecule has 2 N–H and O–H groups in total. The van der Waals surface area contributed by atoms with Gasteiger partial charge in [-0.2, -0.15) is 5.10 Å². The zero-order valence-corrected chi connectivity index (χ0v) is 21.0. The van der Waals surface area contributed by atoms with Crippen LogP contribution in [0.25, 0.3) is 16.7 Å². The highest BCUT2D eigenvalue weighted by atomic mass is 16.5. The molecule has 2 fully saturated rings. The van der Waals surface area contributed by atoms with Crippen molar-refractivity contribution in [2.24, 2.45) is 5.92 Å². The number of benzene rings is 1. The van der Waals surface area contributed by atoms with E-state index in [1.807, 2.05) is 6.07 Å². The molecule has 0 radical (unpaired) electrons. The van der Waals surface area contributed by atoms with E-state index in [4.69, 9.17) is 9.72 Å². The number of hydrogen-bond acceptors (Lipinski definition) is 8. The lowest BCUT2D eigenvalue weighted by molar-refractivity contribution is 0.102. The second-order valence-corrected chi connectivity index (χ2v) is 9.63. The van der Waals surface area contributed by atoms with Gasteiger partial charge in [-0.05, 0) is 43.9 Å². The first-order valence-corrected chi connectivity index (χ1v) is 13.0. The number of anilines is 3. The highest BCUT2D eigenvalue weighted by molar-refractivity contribution is 6.10. The molecule has 11 nitrogen and oxygen atoms in total. The van der Waals surface area contributed by atoms with E-state index in [1.165, 1.54) is 0 Å². The Morgan fingerprint density at radius 1 is 1.16 bits per heavy atom. The Balaban J connectivity index is 1.41. The largest absolute Gasteiger partial charge is 0.396 e. The number of hydrogen-bond donors (Lipinski definition) is 2. The minimum Gasteiger partial charge on any atom is -0.396 e. The molecule has 194 valence electrons. The van der Waals surface area contributed by atoms with E-state index in [0.29, 0.717) is 30.3 Å². The van der Waals surface area contributed by atoms with E-state index in [-0.39, 0.29) is 12.5 Å². The van der Waals surface area contributed by atoms with Crippen LogP contribution in [0.4, 0.5) is 17.3 Å². The van der Waals surface area contributed by atoms with Crippen molar-refractivity contribution in [3.05, 3.63) is 42.4 Å². The molecule has 0 aliphatic carbocycles. The van der Waals surface area contributed by atoms with Crippen LogP contribution in [0.1, 0.15) is 30.1 Å². The van der Waals surface area contributed by atoms with Gasteiger partial charge in [-0.25, -0.2) is 14.5 Å². The Hall–Kier alpha value is -3.70. The van der Waals surface area contributed by atoms with E-state index in [1.54, 1.807) is 29.2 Å². The van der Waals surface area contributed by atoms with Crippen LogP contribution in [0.2, 0.25) is 0 Å². The summed E-state index contributed by atoms with van der Waals surface area (Å²) in [5.41, 5.74) is 4.49. The number of amides is 1. The number of aromatic nitrogens is 5. The molecule has 0 bridgehead atoms. The van der Waals surface area contributed by atoms with Crippen LogP contribution in [-0.4, -0.2) is 81.2 Å². The lowest BCUT2D eigenvalue weighted by Gasteiger charge is -2.34. The molecule has 0 saturated carbocycles. The summed E-state index contributed by atoms with van der Waals surface area (Å²) in [6.07, 6.45) is 6.79. The van der Waals surface area contributed by atoms with Gasteiger partial charge in [-0.1, -0.05) is 0 Å². The minimum atomic E-state index is -0.254. The van der Waals surface area contributed by atoms with Crippen molar-refractivity contribution in [2.75, 3.05) is 61.1 Å². The zero-order chi connectivity index (χ0) is 25.4. The maximum atomic E-state index is 13.5. The lowest BCUT2D eigenvalue weighted by atomic mass is 9.97. The number of aryl methyl sites for hydroxylation is 1. The number of piperidine rings is 1. The molecule has 0 atom stereocenters. The molecular weight excluding hydrogens is 472 g/mol. The first kappa shape index (κ1) is 23.7. The first-order chi connectivity index (χ1) is 18.2. The number of ether oxygens (including phenoxy) is 1. The van der Waals surface area contributed by atoms with Gasteiger partial charge in [-0.15, -0.1) is 0 Å². The highest BCUT2D eigenvalue weighted by Crippen LogP contribution is 2.36. The quantitative estimate of drug-likeness (QED) is 0.412. The van der Waals surface area contributed by atoms with Crippen molar-refractivity contribution < 1.29 is 14.6 Å². The van der Waals surface area contributed by atoms with Gasteiger partial charge in [0.05, 0.1) is 41.8 Å². The normalized spacial score (nSPS) is 17.1. The predicted octanol–water partition coefficient (Wildman–Crippen LogP) is 2.40. The lowest BCUT2D eigenvalue weighted by Crippen LogP contribution is -2.37. The van der Waals surface area contributed by atoms with Gasteiger partial charge >= 0.3 is 0 Å². The summed E-state index contributed by atoms with van der Waals surface area (Å²) in [5.74, 6) is 0.992. The smallest absolute Gasteiger partial charge is 0.261 e. The van der Waals surface area contributed by atoms with Gasteiger partial charge in [-0.3, -0.25) is 4.79 Å². The molecule has 5 heterocycles. The van der Waals surface area contributed by atoms with E-state index in [9.17, 15) is 9.90 Å². The minimum absolute atomic E-state index is 0.210. The van der Waals surface area contributed by atoms with Crippen LogP contribution < -0.4 is 15.1 Å². The summed E-state index contributed by atoms with van der Waals surface area (Å²) in [7, 11) is 0. The highest BCUT2D eigenvalue weighted by Gasteiger charge is 2.25. The zero-order valence-electron chi connectivity index (χ0n) is 21.0. The number of fused-ring (bicyclic) bond motifs is 2. The predicted molar refractivity (Wildman–Crippen MR) is 141 cm³/mol. The molecule has 2 aliphatic rings. The maximum Gasteiger partial charge on any atom is 0.261 e. The van der Waals surface area contributed by atoms with Crippen molar-refractivity contribution in [1.29, 1.82) is 0 Å². The molecule has 0 unspecified atom stereocenters. The van der Waals surface area contributed by atoms with E-state index in [2.05, 4.69) is 42.8 Å². The van der Waals surface area contributed by atoms with Gasteiger partial charge in [0.15, 0.2) is 5.65 Å². The Labute approximate surface area is 214 Å². The number of rotatable bonds is 6. The maximum absolute atomic E-state index is 13.5. The van der Waals surface area contributed by atoms with Crippen molar-refractivity contribution in [1.82, 2.24) is 24.1 Å². The van der Waals surface area contributed by atoms with Crippen LogP contribution in [0.3, 0.4) is 0 Å². The van der Waals surface area contributed by atoms with E-state index >= 15 is 0 Å². The SMILES string of the molecule is CCn1c(N2CCOCC2)nc2cc(N3CCC(CO)CC3)c(NC(=O)c3cnn4cccnc34)cc21. The van der Waals surface area contributed by atoms with Crippen LogP contribution in [0.5, 0.6) is 0 Å². The number of imidazole rings is 1. The van der Waals surface area contributed by atoms with Crippen molar-refractivity contribution in [3.8, 4) is 0 Å². The number of aliphatic hydroxyl groups excluding tert-OH is 1.